The van der Waals surface area contributed by atoms with Crippen molar-refractivity contribution in [3.05, 3.63) is 78.8 Å². The van der Waals surface area contributed by atoms with Crippen molar-refractivity contribution in [1.82, 2.24) is 19.1 Å². The van der Waals surface area contributed by atoms with Gasteiger partial charge in [-0.25, -0.2) is 14.2 Å². The van der Waals surface area contributed by atoms with Crippen molar-refractivity contribution in [3.63, 3.8) is 0 Å². The Bertz CT molecular complexity index is 1450. The molecule has 0 N–H and O–H groups in total. The molecule has 0 saturated heterocycles. The lowest BCUT2D eigenvalue weighted by atomic mass is 10.2. The maximum absolute atomic E-state index is 13.5. The highest BCUT2D eigenvalue weighted by Gasteiger charge is 2.39. The van der Waals surface area contributed by atoms with Gasteiger partial charge in [-0.15, -0.1) is 0 Å². The average molecular weight is 514 g/mol. The number of aromatic nitrogens is 4. The molecule has 3 rings (SSSR count). The van der Waals surface area contributed by atoms with Gasteiger partial charge in [0, 0.05) is 5.02 Å². The van der Waals surface area contributed by atoms with Gasteiger partial charge in [0.05, 0.1) is 37.3 Å². The lowest BCUT2D eigenvalue weighted by Gasteiger charge is -2.15. The van der Waals surface area contributed by atoms with Gasteiger partial charge in [0.15, 0.2) is 5.69 Å². The number of esters is 1. The minimum Gasteiger partial charge on any atom is -0.465 e. The summed E-state index contributed by atoms with van der Waals surface area (Å²) in [5.74, 6) is -2.44. The molecule has 2 heterocycles. The first-order valence-corrected chi connectivity index (χ1v) is 9.86. The maximum atomic E-state index is 13.5. The van der Waals surface area contributed by atoms with Crippen LogP contribution in [0.1, 0.15) is 27.3 Å². The number of hydrogen-bond donors (Lipinski definition) is 0. The van der Waals surface area contributed by atoms with Gasteiger partial charge in [0.25, 0.3) is 11.1 Å². The van der Waals surface area contributed by atoms with Crippen LogP contribution in [0.15, 0.2) is 40.2 Å². The second kappa shape index (κ2) is 9.62. The van der Waals surface area contributed by atoms with Crippen molar-refractivity contribution in [1.29, 1.82) is 5.26 Å². The number of benzene rings is 1. The molecule has 15 heteroatoms. The number of ether oxygens (including phenoxy) is 2. The summed E-state index contributed by atoms with van der Waals surface area (Å²) in [6.45, 7) is -0.474. The van der Waals surface area contributed by atoms with E-state index in [0.29, 0.717) is 6.33 Å². The van der Waals surface area contributed by atoms with Gasteiger partial charge in [0.2, 0.25) is 5.75 Å². The molecule has 176 valence electrons. The summed E-state index contributed by atoms with van der Waals surface area (Å²) >= 11 is 5.85. The van der Waals surface area contributed by atoms with Crippen LogP contribution in [0, 0.1) is 11.3 Å². The van der Waals surface area contributed by atoms with Crippen molar-refractivity contribution in [2.75, 3.05) is 7.11 Å². The van der Waals surface area contributed by atoms with E-state index in [9.17, 15) is 27.6 Å². The fourth-order valence-corrected chi connectivity index (χ4v) is 3.27. The Morgan fingerprint density at radius 1 is 1.24 bits per heavy atom. The lowest BCUT2D eigenvalue weighted by molar-refractivity contribution is -0.142. The molecule has 0 spiro atoms. The topological polar surface area (TPSA) is 129 Å². The van der Waals surface area contributed by atoms with Crippen LogP contribution in [0.2, 0.25) is 5.02 Å². The maximum Gasteiger partial charge on any atom is 0.437 e. The average Bonchev–Trinajstić information content (AvgIpc) is 2.77. The molecule has 1 atom stereocenters. The van der Waals surface area contributed by atoms with Crippen molar-refractivity contribution in [2.45, 2.75) is 12.7 Å². The van der Waals surface area contributed by atoms with Gasteiger partial charge >= 0.3 is 12.1 Å². The van der Waals surface area contributed by atoms with Crippen LogP contribution in [-0.2, 0) is 17.5 Å². The Morgan fingerprint density at radius 2 is 1.94 bits per heavy atom. The van der Waals surface area contributed by atoms with Crippen LogP contribution in [0.3, 0.4) is 0 Å². The summed E-state index contributed by atoms with van der Waals surface area (Å²) in [6.07, 6.45) is -4.43. The monoisotopic (exact) mass is 513 g/mol. The second-order valence-corrected chi connectivity index (χ2v) is 7.46. The zero-order valence-electron chi connectivity index (χ0n) is 17.0. The number of rotatable bonds is 5. The first kappa shape index (κ1) is 24.9. The van der Waals surface area contributed by atoms with Crippen molar-refractivity contribution in [2.24, 2.45) is 0 Å². The van der Waals surface area contributed by atoms with Crippen LogP contribution in [0.25, 0.3) is 0 Å². The molecule has 34 heavy (non-hydrogen) atoms. The summed E-state index contributed by atoms with van der Waals surface area (Å²) in [7, 11) is 2.99. The SMILES string of the molecule is COC(=O)c1cc(Cn2cnc(C(F)(F)F)c(Oc3cc(Cl)cc(C#N)c3)c2=O)nn(P)c1=O. The van der Waals surface area contributed by atoms with E-state index in [2.05, 4.69) is 14.8 Å². The summed E-state index contributed by atoms with van der Waals surface area (Å²) in [5.41, 5.74) is -4.12. The molecule has 2 aromatic heterocycles. The van der Waals surface area contributed by atoms with Gasteiger partial charge in [-0.1, -0.05) is 11.6 Å². The van der Waals surface area contributed by atoms with Crippen molar-refractivity contribution in [3.8, 4) is 17.6 Å². The molecule has 0 fully saturated rings. The van der Waals surface area contributed by atoms with Crippen molar-refractivity contribution >= 4 is 27.0 Å². The number of methoxy groups -OCH3 is 1. The normalized spacial score (nSPS) is 11.1. The van der Waals surface area contributed by atoms with E-state index in [-0.39, 0.29) is 22.0 Å². The number of carbonyl (C=O) groups excluding carboxylic acids is 1. The van der Waals surface area contributed by atoms with E-state index in [0.717, 1.165) is 34.3 Å². The number of hydrogen-bond acceptors (Lipinski definition) is 8. The van der Waals surface area contributed by atoms with Crippen LogP contribution < -0.4 is 15.9 Å². The molecule has 0 radical (unpaired) electrons. The number of halogens is 4. The molecule has 0 aliphatic rings. The van der Waals surface area contributed by atoms with Crippen LogP contribution in [-0.4, -0.2) is 32.2 Å². The van der Waals surface area contributed by atoms with Gasteiger partial charge in [0.1, 0.15) is 11.3 Å². The first-order chi connectivity index (χ1) is 15.9. The van der Waals surface area contributed by atoms with Crippen LogP contribution >= 0.6 is 21.0 Å². The molecule has 10 nitrogen and oxygen atoms in total. The molecular weight excluding hydrogens is 502 g/mol. The van der Waals surface area contributed by atoms with E-state index in [1.165, 1.54) is 6.07 Å². The number of alkyl halides is 3. The molecule has 1 aromatic carbocycles. The Labute approximate surface area is 195 Å². The van der Waals surface area contributed by atoms with E-state index in [4.69, 9.17) is 21.6 Å². The highest BCUT2D eigenvalue weighted by Crippen LogP contribution is 2.35. The third kappa shape index (κ3) is 5.24. The summed E-state index contributed by atoms with van der Waals surface area (Å²) < 4.78 is 51.7. The quantitative estimate of drug-likeness (QED) is 0.376. The summed E-state index contributed by atoms with van der Waals surface area (Å²) in [5, 5.41) is 12.9. The van der Waals surface area contributed by atoms with Gasteiger partial charge < -0.3 is 9.47 Å². The Kier molecular flexibility index (Phi) is 7.04. The molecule has 3 aromatic rings. The van der Waals surface area contributed by atoms with Gasteiger partial charge in [-0.05, 0) is 33.7 Å². The lowest BCUT2D eigenvalue weighted by Crippen LogP contribution is -2.29. The Morgan fingerprint density at radius 3 is 2.56 bits per heavy atom. The van der Waals surface area contributed by atoms with Crippen LogP contribution in [0.4, 0.5) is 13.2 Å². The zero-order chi connectivity index (χ0) is 25.2. The van der Waals surface area contributed by atoms with E-state index >= 15 is 0 Å². The fraction of sp³-hybridized carbons (Fsp3) is 0.158. The summed E-state index contributed by atoms with van der Waals surface area (Å²) in [6, 6.07) is 6.27. The minimum atomic E-state index is -5.05. The highest BCUT2D eigenvalue weighted by atomic mass is 35.5. The molecule has 0 saturated carbocycles. The molecular formula is C19H12ClF3N5O5P. The standard InChI is InChI=1S/C19H12ClF3N5O5P/c1-32-18(31)13-5-11(26-28(34)16(13)29)7-27-8-25-15(19(21,22)23)14(17(27)30)33-12-3-9(6-24)2-10(20)4-12/h2-5,8H,7,34H2,1H3. The van der Waals surface area contributed by atoms with E-state index in [1.54, 1.807) is 6.07 Å². The second-order valence-electron chi connectivity index (χ2n) is 6.53. The third-order valence-electron chi connectivity index (χ3n) is 4.21. The predicted molar refractivity (Wildman–Crippen MR) is 114 cm³/mol. The first-order valence-electron chi connectivity index (χ1n) is 8.96. The third-order valence-corrected chi connectivity index (χ3v) is 4.78. The molecule has 0 aliphatic carbocycles. The highest BCUT2D eigenvalue weighted by molar-refractivity contribution is 7.14. The van der Waals surface area contributed by atoms with Gasteiger partial charge in [-0.2, -0.15) is 23.5 Å². The van der Waals surface area contributed by atoms with Crippen LogP contribution in [0.5, 0.6) is 11.5 Å². The van der Waals surface area contributed by atoms with E-state index in [1.807, 2.05) is 9.39 Å². The predicted octanol–water partition coefficient (Wildman–Crippen LogP) is 2.61. The number of nitriles is 1. The van der Waals surface area contributed by atoms with Crippen molar-refractivity contribution < 1.29 is 27.4 Å². The largest absolute Gasteiger partial charge is 0.465 e. The Hall–Kier alpha value is -3.75. The molecule has 1 unspecified atom stereocenters. The number of carbonyl (C=O) groups is 1. The summed E-state index contributed by atoms with van der Waals surface area (Å²) in [4.78, 5) is 40.1. The molecule has 0 aliphatic heterocycles. The van der Waals surface area contributed by atoms with E-state index < -0.39 is 46.8 Å². The Balaban J connectivity index is 2.12. The van der Waals surface area contributed by atoms with Gasteiger partial charge in [-0.3, -0.25) is 14.2 Å². The fourth-order valence-electron chi connectivity index (χ4n) is 2.75. The molecule has 0 bridgehead atoms. The smallest absolute Gasteiger partial charge is 0.437 e. The zero-order valence-corrected chi connectivity index (χ0v) is 18.9. The molecule has 0 amide bonds. The minimum absolute atomic E-state index is 0.00549. The number of nitrogens with zero attached hydrogens (tertiary/aromatic N) is 5.